The number of aliphatic hydroxyl groups is 1. The van der Waals surface area contributed by atoms with Crippen molar-refractivity contribution in [1.29, 1.82) is 0 Å². The highest BCUT2D eigenvalue weighted by atomic mass is 16.5. The van der Waals surface area contributed by atoms with Gasteiger partial charge in [-0.3, -0.25) is 4.98 Å². The molecule has 19 heavy (non-hydrogen) atoms. The second-order valence-electron chi connectivity index (χ2n) is 6.22. The van der Waals surface area contributed by atoms with Crippen molar-refractivity contribution in [1.82, 2.24) is 4.98 Å². The van der Waals surface area contributed by atoms with Crippen LogP contribution in [0.4, 0.5) is 0 Å². The van der Waals surface area contributed by atoms with E-state index in [2.05, 4.69) is 4.98 Å². The summed E-state index contributed by atoms with van der Waals surface area (Å²) >= 11 is 0. The van der Waals surface area contributed by atoms with Crippen molar-refractivity contribution < 1.29 is 9.84 Å². The summed E-state index contributed by atoms with van der Waals surface area (Å²) in [6, 6.07) is 0. The van der Waals surface area contributed by atoms with Crippen LogP contribution in [0.3, 0.4) is 0 Å². The zero-order valence-corrected chi connectivity index (χ0v) is 12.5. The van der Waals surface area contributed by atoms with Gasteiger partial charge in [0.15, 0.2) is 0 Å². The van der Waals surface area contributed by atoms with Gasteiger partial charge in [0.2, 0.25) is 0 Å². The Hall–Kier alpha value is -1.09. The van der Waals surface area contributed by atoms with Crippen LogP contribution >= 0.6 is 0 Å². The Morgan fingerprint density at radius 2 is 2.11 bits per heavy atom. The van der Waals surface area contributed by atoms with E-state index in [1.807, 2.05) is 27.0 Å². The van der Waals surface area contributed by atoms with Crippen LogP contribution in [0.2, 0.25) is 0 Å². The van der Waals surface area contributed by atoms with E-state index in [0.717, 1.165) is 29.0 Å². The quantitative estimate of drug-likeness (QED) is 0.887. The van der Waals surface area contributed by atoms with Gasteiger partial charge in [0.1, 0.15) is 5.75 Å². The topological polar surface area (TPSA) is 42.4 Å². The molecular weight excluding hydrogens is 238 g/mol. The Balaban J connectivity index is 2.13. The van der Waals surface area contributed by atoms with Crippen molar-refractivity contribution in [3.05, 3.63) is 23.0 Å². The minimum absolute atomic E-state index is 0.603. The summed E-state index contributed by atoms with van der Waals surface area (Å²) in [5.41, 5.74) is 2.38. The second kappa shape index (κ2) is 5.49. The zero-order chi connectivity index (χ0) is 14.0. The fourth-order valence-corrected chi connectivity index (χ4v) is 3.00. The highest BCUT2D eigenvalue weighted by Gasteiger charge is 2.30. The van der Waals surface area contributed by atoms with Gasteiger partial charge in [-0.1, -0.05) is 19.3 Å². The first-order valence-electron chi connectivity index (χ1n) is 7.14. The molecule has 3 heteroatoms. The normalized spacial score (nSPS) is 18.8. The van der Waals surface area contributed by atoms with E-state index < -0.39 is 5.60 Å². The first-order chi connectivity index (χ1) is 8.93. The Morgan fingerprint density at radius 3 is 2.63 bits per heavy atom. The van der Waals surface area contributed by atoms with Crippen molar-refractivity contribution in [3.8, 4) is 5.75 Å². The van der Waals surface area contributed by atoms with Crippen LogP contribution < -0.4 is 4.74 Å². The van der Waals surface area contributed by atoms with Crippen LogP contribution in [0.5, 0.6) is 5.75 Å². The van der Waals surface area contributed by atoms with E-state index in [1.165, 1.54) is 19.3 Å². The van der Waals surface area contributed by atoms with Crippen molar-refractivity contribution in [2.75, 3.05) is 7.11 Å². The summed E-state index contributed by atoms with van der Waals surface area (Å²) in [6.45, 7) is 5.95. The number of rotatable bonds is 5. The Labute approximate surface area is 116 Å². The van der Waals surface area contributed by atoms with Crippen LogP contribution in [0, 0.1) is 19.8 Å². The number of hydrogen-bond acceptors (Lipinski definition) is 3. The Morgan fingerprint density at radius 1 is 1.42 bits per heavy atom. The molecule has 0 saturated heterocycles. The highest BCUT2D eigenvalue weighted by molar-refractivity contribution is 5.41. The third kappa shape index (κ3) is 3.27. The maximum atomic E-state index is 10.6. The summed E-state index contributed by atoms with van der Waals surface area (Å²) < 4.78 is 5.42. The molecule has 0 aliphatic heterocycles. The van der Waals surface area contributed by atoms with E-state index in [9.17, 15) is 5.11 Å². The molecule has 1 aromatic heterocycles. The number of methoxy groups -OCH3 is 1. The van der Waals surface area contributed by atoms with Gasteiger partial charge < -0.3 is 9.84 Å². The first kappa shape index (κ1) is 14.3. The average Bonchev–Trinajstić information content (AvgIpc) is 2.29. The molecule has 1 aliphatic rings. The predicted molar refractivity (Wildman–Crippen MR) is 76.5 cm³/mol. The summed E-state index contributed by atoms with van der Waals surface area (Å²) in [7, 11) is 1.69. The number of nitrogens with zero attached hydrogens (tertiary/aromatic N) is 1. The molecule has 1 atom stereocenters. The fraction of sp³-hybridized carbons (Fsp3) is 0.688. The molecule has 106 valence electrons. The van der Waals surface area contributed by atoms with Gasteiger partial charge in [0.25, 0.3) is 0 Å². The van der Waals surface area contributed by atoms with Gasteiger partial charge in [-0.2, -0.15) is 0 Å². The molecule has 1 unspecified atom stereocenters. The SMILES string of the molecule is COc1c(C)cnc(CC(C)(O)CC2CCC2)c1C. The minimum atomic E-state index is -0.664. The molecule has 0 aromatic carbocycles. The Kier molecular flexibility index (Phi) is 4.14. The number of aromatic nitrogens is 1. The molecule has 0 bridgehead atoms. The summed E-state index contributed by atoms with van der Waals surface area (Å²) in [5.74, 6) is 1.59. The van der Waals surface area contributed by atoms with E-state index in [1.54, 1.807) is 7.11 Å². The highest BCUT2D eigenvalue weighted by Crippen LogP contribution is 2.35. The lowest BCUT2D eigenvalue weighted by molar-refractivity contribution is 0.0194. The smallest absolute Gasteiger partial charge is 0.128 e. The molecule has 2 rings (SSSR count). The molecule has 0 radical (unpaired) electrons. The van der Waals surface area contributed by atoms with E-state index in [0.29, 0.717) is 12.3 Å². The molecule has 1 aromatic rings. The molecular formula is C16H25NO2. The number of hydrogen-bond donors (Lipinski definition) is 1. The van der Waals surface area contributed by atoms with Gasteiger partial charge in [-0.25, -0.2) is 0 Å². The van der Waals surface area contributed by atoms with Crippen LogP contribution in [-0.2, 0) is 6.42 Å². The van der Waals surface area contributed by atoms with Crippen LogP contribution in [0.25, 0.3) is 0 Å². The van der Waals surface area contributed by atoms with E-state index in [-0.39, 0.29) is 0 Å². The lowest BCUT2D eigenvalue weighted by atomic mass is 9.76. The van der Waals surface area contributed by atoms with Crippen molar-refractivity contribution in [2.24, 2.45) is 5.92 Å². The minimum Gasteiger partial charge on any atom is -0.496 e. The summed E-state index contributed by atoms with van der Waals surface area (Å²) in [5, 5.41) is 10.6. The Bertz CT molecular complexity index is 450. The third-order valence-electron chi connectivity index (χ3n) is 4.25. The van der Waals surface area contributed by atoms with Gasteiger partial charge in [0.05, 0.1) is 12.7 Å². The molecule has 0 amide bonds. The monoisotopic (exact) mass is 263 g/mol. The lowest BCUT2D eigenvalue weighted by Gasteiger charge is -2.33. The molecule has 1 N–H and O–H groups in total. The van der Waals surface area contributed by atoms with Gasteiger partial charge >= 0.3 is 0 Å². The molecule has 0 spiro atoms. The maximum absolute atomic E-state index is 10.6. The zero-order valence-electron chi connectivity index (χ0n) is 12.5. The molecule has 1 saturated carbocycles. The molecule has 3 nitrogen and oxygen atoms in total. The van der Waals surface area contributed by atoms with Crippen LogP contribution in [0.1, 0.15) is 49.4 Å². The molecule has 1 fully saturated rings. The van der Waals surface area contributed by atoms with Crippen LogP contribution in [0.15, 0.2) is 6.20 Å². The van der Waals surface area contributed by atoms with E-state index >= 15 is 0 Å². The largest absolute Gasteiger partial charge is 0.496 e. The lowest BCUT2D eigenvalue weighted by Crippen LogP contribution is -2.33. The van der Waals surface area contributed by atoms with Gasteiger partial charge in [-0.15, -0.1) is 0 Å². The number of ether oxygens (including phenoxy) is 1. The van der Waals surface area contributed by atoms with Crippen molar-refractivity contribution >= 4 is 0 Å². The summed E-state index contributed by atoms with van der Waals surface area (Å²) in [6.07, 6.45) is 7.16. The van der Waals surface area contributed by atoms with Crippen LogP contribution in [-0.4, -0.2) is 22.8 Å². The number of aryl methyl sites for hydroxylation is 1. The number of pyridine rings is 1. The van der Waals surface area contributed by atoms with Gasteiger partial charge in [-0.05, 0) is 33.1 Å². The fourth-order valence-electron chi connectivity index (χ4n) is 3.00. The molecule has 1 heterocycles. The maximum Gasteiger partial charge on any atom is 0.128 e. The third-order valence-corrected chi connectivity index (χ3v) is 4.25. The van der Waals surface area contributed by atoms with Crippen molar-refractivity contribution in [2.45, 2.75) is 58.5 Å². The first-order valence-corrected chi connectivity index (χ1v) is 7.14. The standard InChI is InChI=1S/C16H25NO2/c1-11-10-17-14(12(2)15(11)19-4)9-16(3,18)8-13-6-5-7-13/h10,13,18H,5-9H2,1-4H3. The average molecular weight is 263 g/mol. The van der Waals surface area contributed by atoms with E-state index in [4.69, 9.17) is 4.74 Å². The summed E-state index contributed by atoms with van der Waals surface area (Å²) in [4.78, 5) is 4.48. The van der Waals surface area contributed by atoms with Crippen molar-refractivity contribution in [3.63, 3.8) is 0 Å². The van der Waals surface area contributed by atoms with Gasteiger partial charge in [0, 0.05) is 29.4 Å². The predicted octanol–water partition coefficient (Wildman–Crippen LogP) is 3.19. The second-order valence-corrected chi connectivity index (χ2v) is 6.22. The molecule has 1 aliphatic carbocycles.